The summed E-state index contributed by atoms with van der Waals surface area (Å²) < 4.78 is 18.4. The molecule has 0 saturated carbocycles. The molecule has 92 valence electrons. The molecule has 0 aliphatic heterocycles. The molecule has 4 heteroatoms. The minimum atomic E-state index is -0.455. The SMILES string of the molecule is O=Cc1cccc(OCc2ccc(F)c(Cl)c2)c1. The van der Waals surface area contributed by atoms with E-state index in [9.17, 15) is 9.18 Å². The lowest BCUT2D eigenvalue weighted by molar-refractivity contribution is 0.112. The molecule has 2 aromatic carbocycles. The van der Waals surface area contributed by atoms with Crippen LogP contribution in [0.4, 0.5) is 4.39 Å². The minimum Gasteiger partial charge on any atom is -0.489 e. The maximum absolute atomic E-state index is 12.9. The van der Waals surface area contributed by atoms with Crippen molar-refractivity contribution < 1.29 is 13.9 Å². The third kappa shape index (κ3) is 3.08. The predicted molar refractivity (Wildman–Crippen MR) is 67.6 cm³/mol. The zero-order valence-electron chi connectivity index (χ0n) is 9.40. The van der Waals surface area contributed by atoms with E-state index in [-0.39, 0.29) is 11.6 Å². The molecule has 18 heavy (non-hydrogen) atoms. The molecule has 0 amide bonds. The van der Waals surface area contributed by atoms with E-state index in [1.54, 1.807) is 30.3 Å². The molecule has 2 nitrogen and oxygen atoms in total. The maximum atomic E-state index is 12.9. The molecule has 0 atom stereocenters. The fourth-order valence-corrected chi connectivity index (χ4v) is 1.68. The van der Waals surface area contributed by atoms with Crippen LogP contribution in [0.5, 0.6) is 5.75 Å². The lowest BCUT2D eigenvalue weighted by Crippen LogP contribution is -1.96. The zero-order chi connectivity index (χ0) is 13.0. The molecule has 0 aliphatic rings. The number of benzene rings is 2. The Kier molecular flexibility index (Phi) is 3.95. The van der Waals surface area contributed by atoms with Crippen molar-refractivity contribution in [3.63, 3.8) is 0 Å². The van der Waals surface area contributed by atoms with Crippen LogP contribution in [0.25, 0.3) is 0 Å². The van der Waals surface area contributed by atoms with E-state index in [0.717, 1.165) is 11.8 Å². The standard InChI is InChI=1S/C14H10ClFO2/c15-13-7-11(4-5-14(13)16)9-18-12-3-1-2-10(6-12)8-17/h1-8H,9H2. The highest BCUT2D eigenvalue weighted by atomic mass is 35.5. The maximum Gasteiger partial charge on any atom is 0.150 e. The number of carbonyl (C=O) groups is 1. The molecule has 0 spiro atoms. The van der Waals surface area contributed by atoms with Crippen molar-refractivity contribution in [1.29, 1.82) is 0 Å². The van der Waals surface area contributed by atoms with Crippen molar-refractivity contribution in [3.05, 3.63) is 64.4 Å². The Labute approximate surface area is 109 Å². The Hall–Kier alpha value is -1.87. The minimum absolute atomic E-state index is 0.0674. The van der Waals surface area contributed by atoms with Gasteiger partial charge in [0.1, 0.15) is 24.5 Å². The van der Waals surface area contributed by atoms with E-state index in [1.165, 1.54) is 12.1 Å². The molecule has 2 rings (SSSR count). The van der Waals surface area contributed by atoms with Crippen molar-refractivity contribution in [2.75, 3.05) is 0 Å². The van der Waals surface area contributed by atoms with Crippen LogP contribution in [0.15, 0.2) is 42.5 Å². The highest BCUT2D eigenvalue weighted by molar-refractivity contribution is 6.30. The lowest BCUT2D eigenvalue weighted by atomic mass is 10.2. The first kappa shape index (κ1) is 12.6. The predicted octanol–water partition coefficient (Wildman–Crippen LogP) is 3.87. The summed E-state index contributed by atoms with van der Waals surface area (Å²) in [6.07, 6.45) is 0.752. The van der Waals surface area contributed by atoms with Crippen molar-refractivity contribution in [1.82, 2.24) is 0 Å². The normalized spacial score (nSPS) is 10.1. The summed E-state index contributed by atoms with van der Waals surface area (Å²) in [6.45, 7) is 0.266. The Bertz CT molecular complexity index is 569. The van der Waals surface area contributed by atoms with Gasteiger partial charge in [-0.3, -0.25) is 4.79 Å². The summed E-state index contributed by atoms with van der Waals surface area (Å²) in [6, 6.07) is 11.2. The van der Waals surface area contributed by atoms with Crippen molar-refractivity contribution in [2.24, 2.45) is 0 Å². The van der Waals surface area contributed by atoms with Crippen LogP contribution in [0.2, 0.25) is 5.02 Å². The summed E-state index contributed by atoms with van der Waals surface area (Å²) in [5.74, 6) is 0.128. The molecule has 2 aromatic rings. The molecule has 0 fully saturated rings. The van der Waals surface area contributed by atoms with Gasteiger partial charge in [0.25, 0.3) is 0 Å². The Morgan fingerprint density at radius 3 is 2.78 bits per heavy atom. The Balaban J connectivity index is 2.06. The van der Waals surface area contributed by atoms with Gasteiger partial charge < -0.3 is 4.74 Å². The molecule has 0 radical (unpaired) electrons. The van der Waals surface area contributed by atoms with Gasteiger partial charge in [-0.05, 0) is 29.8 Å². The highest BCUT2D eigenvalue weighted by Gasteiger charge is 2.02. The van der Waals surface area contributed by atoms with Crippen LogP contribution in [0, 0.1) is 5.82 Å². The average molecular weight is 265 g/mol. The van der Waals surface area contributed by atoms with Gasteiger partial charge in [0, 0.05) is 5.56 Å². The van der Waals surface area contributed by atoms with Gasteiger partial charge in [-0.15, -0.1) is 0 Å². The van der Waals surface area contributed by atoms with Gasteiger partial charge in [-0.25, -0.2) is 4.39 Å². The number of ether oxygens (including phenoxy) is 1. The van der Waals surface area contributed by atoms with Gasteiger partial charge in [0.2, 0.25) is 0 Å². The fourth-order valence-electron chi connectivity index (χ4n) is 1.47. The number of hydrogen-bond acceptors (Lipinski definition) is 2. The molecular formula is C14H10ClFO2. The third-order valence-electron chi connectivity index (χ3n) is 2.38. The Morgan fingerprint density at radius 1 is 1.22 bits per heavy atom. The topological polar surface area (TPSA) is 26.3 Å². The van der Waals surface area contributed by atoms with E-state index >= 15 is 0 Å². The van der Waals surface area contributed by atoms with Crippen molar-refractivity contribution >= 4 is 17.9 Å². The Morgan fingerprint density at radius 2 is 2.06 bits per heavy atom. The lowest BCUT2D eigenvalue weighted by Gasteiger charge is -2.07. The number of carbonyl (C=O) groups excluding carboxylic acids is 1. The molecule has 0 unspecified atom stereocenters. The first-order chi connectivity index (χ1) is 8.69. The molecule has 0 aromatic heterocycles. The second-order valence-electron chi connectivity index (χ2n) is 3.73. The van der Waals surface area contributed by atoms with Crippen LogP contribution in [-0.2, 0) is 6.61 Å². The molecular weight excluding hydrogens is 255 g/mol. The molecule has 0 saturated heterocycles. The first-order valence-corrected chi connectivity index (χ1v) is 5.69. The van der Waals surface area contributed by atoms with E-state index in [2.05, 4.69) is 0 Å². The quantitative estimate of drug-likeness (QED) is 0.784. The van der Waals surface area contributed by atoms with Gasteiger partial charge in [0.05, 0.1) is 5.02 Å². The van der Waals surface area contributed by atoms with E-state index in [1.807, 2.05) is 0 Å². The van der Waals surface area contributed by atoms with Crippen LogP contribution in [0.3, 0.4) is 0 Å². The zero-order valence-corrected chi connectivity index (χ0v) is 10.2. The molecule has 0 N–H and O–H groups in total. The highest BCUT2D eigenvalue weighted by Crippen LogP contribution is 2.18. The van der Waals surface area contributed by atoms with E-state index in [0.29, 0.717) is 11.3 Å². The third-order valence-corrected chi connectivity index (χ3v) is 2.67. The van der Waals surface area contributed by atoms with Gasteiger partial charge in [-0.2, -0.15) is 0 Å². The van der Waals surface area contributed by atoms with Gasteiger partial charge in [0.15, 0.2) is 0 Å². The van der Waals surface area contributed by atoms with Crippen molar-refractivity contribution in [2.45, 2.75) is 6.61 Å². The largest absolute Gasteiger partial charge is 0.489 e. The van der Waals surface area contributed by atoms with Crippen LogP contribution < -0.4 is 4.74 Å². The summed E-state index contributed by atoms with van der Waals surface area (Å²) >= 11 is 5.67. The van der Waals surface area contributed by atoms with E-state index in [4.69, 9.17) is 16.3 Å². The van der Waals surface area contributed by atoms with E-state index < -0.39 is 5.82 Å². The molecule has 0 heterocycles. The van der Waals surface area contributed by atoms with Crippen LogP contribution >= 0.6 is 11.6 Å². The molecule has 0 bridgehead atoms. The number of aldehydes is 1. The number of hydrogen-bond donors (Lipinski definition) is 0. The second kappa shape index (κ2) is 5.65. The molecule has 0 aliphatic carbocycles. The summed E-state index contributed by atoms with van der Waals surface area (Å²) in [5.41, 5.74) is 1.31. The van der Waals surface area contributed by atoms with Crippen molar-refractivity contribution in [3.8, 4) is 5.75 Å². The average Bonchev–Trinajstić information content (AvgIpc) is 2.40. The smallest absolute Gasteiger partial charge is 0.150 e. The summed E-state index contributed by atoms with van der Waals surface area (Å²) in [4.78, 5) is 10.6. The second-order valence-corrected chi connectivity index (χ2v) is 4.13. The van der Waals surface area contributed by atoms with Crippen LogP contribution in [-0.4, -0.2) is 6.29 Å². The van der Waals surface area contributed by atoms with Gasteiger partial charge in [-0.1, -0.05) is 29.8 Å². The van der Waals surface area contributed by atoms with Crippen LogP contribution in [0.1, 0.15) is 15.9 Å². The summed E-state index contributed by atoms with van der Waals surface area (Å²) in [5, 5.41) is 0.0674. The monoisotopic (exact) mass is 264 g/mol. The summed E-state index contributed by atoms with van der Waals surface area (Å²) in [7, 11) is 0. The number of halogens is 2. The fraction of sp³-hybridized carbons (Fsp3) is 0.0714. The first-order valence-electron chi connectivity index (χ1n) is 5.31. The van der Waals surface area contributed by atoms with Gasteiger partial charge >= 0.3 is 0 Å². The number of rotatable bonds is 4.